The molecule has 2 unspecified atom stereocenters. The number of benzene rings is 1. The van der Waals surface area contributed by atoms with Crippen LogP contribution in [-0.4, -0.2) is 41.6 Å². The van der Waals surface area contributed by atoms with Crippen molar-refractivity contribution in [1.29, 1.82) is 0 Å². The van der Waals surface area contributed by atoms with E-state index < -0.39 is 5.97 Å². The summed E-state index contributed by atoms with van der Waals surface area (Å²) in [5.41, 5.74) is 1.21. The minimum absolute atomic E-state index is 0.0419. The molecule has 0 bridgehead atoms. The fraction of sp³-hybridized carbons (Fsp3) is 0.500. The van der Waals surface area contributed by atoms with Crippen LogP contribution in [0.4, 0.5) is 4.79 Å². The summed E-state index contributed by atoms with van der Waals surface area (Å²) in [6.45, 7) is 0.214. The van der Waals surface area contributed by atoms with Crippen LogP contribution in [0.15, 0.2) is 24.3 Å². The van der Waals surface area contributed by atoms with Crippen molar-refractivity contribution in [1.82, 2.24) is 10.2 Å². The van der Waals surface area contributed by atoms with Crippen LogP contribution in [0.25, 0.3) is 0 Å². The first kappa shape index (κ1) is 16.6. The molecule has 0 radical (unpaired) electrons. The molecule has 5 nitrogen and oxygen atoms in total. The van der Waals surface area contributed by atoms with Gasteiger partial charge in [0.05, 0.1) is 6.42 Å². The lowest BCUT2D eigenvalue weighted by atomic mass is 9.97. The van der Waals surface area contributed by atoms with Gasteiger partial charge in [0.2, 0.25) is 0 Å². The highest BCUT2D eigenvalue weighted by atomic mass is 35.5. The number of urea groups is 1. The Morgan fingerprint density at radius 2 is 2.18 bits per heavy atom. The number of rotatable bonds is 5. The van der Waals surface area contributed by atoms with Crippen molar-refractivity contribution in [2.45, 2.75) is 37.6 Å². The van der Waals surface area contributed by atoms with Crippen molar-refractivity contribution >= 4 is 23.6 Å². The second kappa shape index (κ2) is 7.49. The van der Waals surface area contributed by atoms with Crippen molar-refractivity contribution in [3.63, 3.8) is 0 Å². The Hall–Kier alpha value is -1.75. The first-order chi connectivity index (χ1) is 10.5. The molecule has 1 aromatic carbocycles. The number of amides is 2. The smallest absolute Gasteiger partial charge is 0.317 e. The molecular weight excluding hydrogens is 304 g/mol. The predicted molar refractivity (Wildman–Crippen MR) is 85.2 cm³/mol. The summed E-state index contributed by atoms with van der Waals surface area (Å²) in [6, 6.07) is 7.77. The number of halogens is 1. The number of carboxylic acid groups (broad SMARTS) is 1. The number of nitrogens with zero attached hydrogens (tertiary/aromatic N) is 1. The Bertz CT molecular complexity index is 550. The second-order valence-corrected chi connectivity index (χ2v) is 6.21. The number of carboxylic acids is 1. The third-order valence-electron chi connectivity index (χ3n) is 4.09. The first-order valence-corrected chi connectivity index (χ1v) is 7.82. The Morgan fingerprint density at radius 3 is 2.86 bits per heavy atom. The molecule has 2 atom stereocenters. The van der Waals surface area contributed by atoms with Gasteiger partial charge < -0.3 is 15.3 Å². The second-order valence-electron chi connectivity index (χ2n) is 5.78. The minimum atomic E-state index is -0.901. The minimum Gasteiger partial charge on any atom is -0.481 e. The third kappa shape index (κ3) is 4.63. The zero-order valence-electron chi connectivity index (χ0n) is 12.6. The molecule has 1 aromatic rings. The van der Waals surface area contributed by atoms with E-state index in [1.54, 1.807) is 7.05 Å². The Balaban J connectivity index is 1.83. The fourth-order valence-corrected chi connectivity index (χ4v) is 3.02. The Morgan fingerprint density at radius 1 is 1.41 bits per heavy atom. The van der Waals surface area contributed by atoms with Crippen LogP contribution < -0.4 is 5.32 Å². The van der Waals surface area contributed by atoms with Gasteiger partial charge in [-0.3, -0.25) is 4.79 Å². The van der Waals surface area contributed by atoms with Gasteiger partial charge in [-0.2, -0.15) is 0 Å². The van der Waals surface area contributed by atoms with Gasteiger partial charge in [-0.25, -0.2) is 4.79 Å². The molecule has 0 aromatic heterocycles. The van der Waals surface area contributed by atoms with E-state index in [0.717, 1.165) is 24.3 Å². The van der Waals surface area contributed by atoms with Gasteiger partial charge in [-0.15, -0.1) is 0 Å². The number of carbonyl (C=O) groups is 2. The first-order valence-electron chi connectivity index (χ1n) is 7.44. The predicted octanol–water partition coefficient (Wildman–Crippen LogP) is 3.09. The molecule has 22 heavy (non-hydrogen) atoms. The van der Waals surface area contributed by atoms with Crippen LogP contribution in [0.2, 0.25) is 5.02 Å². The molecule has 0 heterocycles. The molecule has 0 aliphatic heterocycles. The molecule has 2 amide bonds. The van der Waals surface area contributed by atoms with E-state index in [0.29, 0.717) is 5.92 Å². The summed E-state index contributed by atoms with van der Waals surface area (Å²) < 4.78 is 0. The van der Waals surface area contributed by atoms with Crippen molar-refractivity contribution in [2.24, 2.45) is 0 Å². The van der Waals surface area contributed by atoms with Gasteiger partial charge >= 0.3 is 12.0 Å². The Kier molecular flexibility index (Phi) is 5.66. The molecular formula is C16H21ClN2O3. The van der Waals surface area contributed by atoms with Crippen LogP contribution in [0.3, 0.4) is 0 Å². The summed E-state index contributed by atoms with van der Waals surface area (Å²) in [5, 5.41) is 12.4. The van der Waals surface area contributed by atoms with Crippen molar-refractivity contribution < 1.29 is 14.7 Å². The third-order valence-corrected chi connectivity index (χ3v) is 4.32. The molecule has 120 valence electrons. The lowest BCUT2D eigenvalue weighted by Crippen LogP contribution is -2.42. The fourth-order valence-electron chi connectivity index (χ4n) is 2.83. The van der Waals surface area contributed by atoms with E-state index in [1.165, 1.54) is 10.5 Å². The number of hydrogen-bond donors (Lipinski definition) is 2. The van der Waals surface area contributed by atoms with Gasteiger partial charge in [0, 0.05) is 24.7 Å². The van der Waals surface area contributed by atoms with Crippen LogP contribution in [0.5, 0.6) is 0 Å². The SMILES string of the molecule is CN(CCC(=O)O)C(=O)NC1CCC(c2cccc(Cl)c2)C1. The maximum atomic E-state index is 12.0. The molecule has 1 aliphatic rings. The van der Waals surface area contributed by atoms with Gasteiger partial charge in [0.25, 0.3) is 0 Å². The topological polar surface area (TPSA) is 69.6 Å². The van der Waals surface area contributed by atoms with Crippen molar-refractivity contribution in [2.75, 3.05) is 13.6 Å². The van der Waals surface area contributed by atoms with Crippen LogP contribution in [-0.2, 0) is 4.79 Å². The van der Waals surface area contributed by atoms with Crippen molar-refractivity contribution in [3.05, 3.63) is 34.9 Å². The van der Waals surface area contributed by atoms with Crippen LogP contribution >= 0.6 is 11.6 Å². The summed E-state index contributed by atoms with van der Waals surface area (Å²) in [5.74, 6) is -0.491. The molecule has 1 aliphatic carbocycles. The lowest BCUT2D eigenvalue weighted by molar-refractivity contribution is -0.137. The standard InChI is InChI=1S/C16H21ClN2O3/c1-19(8-7-15(20)21)16(22)18-14-6-5-12(10-14)11-3-2-4-13(17)9-11/h2-4,9,12,14H,5-8,10H2,1H3,(H,18,22)(H,20,21). The van der Waals surface area contributed by atoms with E-state index in [4.69, 9.17) is 16.7 Å². The Labute approximate surface area is 135 Å². The highest BCUT2D eigenvalue weighted by Crippen LogP contribution is 2.35. The van der Waals surface area contributed by atoms with E-state index in [-0.39, 0.29) is 25.0 Å². The molecule has 0 saturated heterocycles. The zero-order chi connectivity index (χ0) is 16.1. The summed E-state index contributed by atoms with van der Waals surface area (Å²) in [6.07, 6.45) is 2.79. The summed E-state index contributed by atoms with van der Waals surface area (Å²) in [4.78, 5) is 24.0. The van der Waals surface area contributed by atoms with Gasteiger partial charge in [-0.1, -0.05) is 23.7 Å². The molecule has 2 rings (SSSR count). The molecule has 0 spiro atoms. The van der Waals surface area contributed by atoms with Gasteiger partial charge in [0.15, 0.2) is 0 Å². The number of hydrogen-bond acceptors (Lipinski definition) is 2. The van der Waals surface area contributed by atoms with Gasteiger partial charge in [-0.05, 0) is 42.9 Å². The maximum absolute atomic E-state index is 12.0. The number of aliphatic carboxylic acids is 1. The number of carbonyl (C=O) groups excluding carboxylic acids is 1. The lowest BCUT2D eigenvalue weighted by Gasteiger charge is -2.20. The van der Waals surface area contributed by atoms with Gasteiger partial charge in [0.1, 0.15) is 0 Å². The zero-order valence-corrected chi connectivity index (χ0v) is 13.3. The summed E-state index contributed by atoms with van der Waals surface area (Å²) in [7, 11) is 1.61. The maximum Gasteiger partial charge on any atom is 0.317 e. The van der Waals surface area contributed by atoms with Crippen molar-refractivity contribution in [3.8, 4) is 0 Å². The molecule has 6 heteroatoms. The average molecular weight is 325 g/mol. The van der Waals surface area contributed by atoms with E-state index >= 15 is 0 Å². The van der Waals surface area contributed by atoms with E-state index in [1.807, 2.05) is 18.2 Å². The highest BCUT2D eigenvalue weighted by Gasteiger charge is 2.27. The average Bonchev–Trinajstić information content (AvgIpc) is 2.93. The quantitative estimate of drug-likeness (QED) is 0.874. The molecule has 1 fully saturated rings. The van der Waals surface area contributed by atoms with E-state index in [2.05, 4.69) is 11.4 Å². The molecule has 2 N–H and O–H groups in total. The van der Waals surface area contributed by atoms with E-state index in [9.17, 15) is 9.59 Å². The van der Waals surface area contributed by atoms with Crippen LogP contribution in [0, 0.1) is 0 Å². The normalized spacial score (nSPS) is 20.6. The summed E-state index contributed by atoms with van der Waals surface area (Å²) >= 11 is 6.02. The monoisotopic (exact) mass is 324 g/mol. The number of nitrogens with one attached hydrogen (secondary N) is 1. The largest absolute Gasteiger partial charge is 0.481 e. The van der Waals surface area contributed by atoms with Crippen LogP contribution in [0.1, 0.15) is 37.2 Å². The highest BCUT2D eigenvalue weighted by molar-refractivity contribution is 6.30. The molecule has 1 saturated carbocycles.